The predicted molar refractivity (Wildman–Crippen MR) is 62.1 cm³/mol. The first-order valence-electron chi connectivity index (χ1n) is 5.35. The van der Waals surface area contributed by atoms with Crippen LogP contribution in [-0.4, -0.2) is 16.2 Å². The zero-order valence-electron chi connectivity index (χ0n) is 9.47. The van der Waals surface area contributed by atoms with Gasteiger partial charge < -0.3 is 9.52 Å². The number of oxazole rings is 1. The highest BCUT2D eigenvalue weighted by Crippen LogP contribution is 2.22. The van der Waals surface area contributed by atoms with Crippen LogP contribution in [-0.2, 0) is 6.42 Å². The van der Waals surface area contributed by atoms with Gasteiger partial charge in [-0.15, -0.1) is 0 Å². The first-order chi connectivity index (χ1) is 7.66. The summed E-state index contributed by atoms with van der Waals surface area (Å²) in [5.41, 5.74) is 2.92. The van der Waals surface area contributed by atoms with Gasteiger partial charge in [-0.3, -0.25) is 0 Å². The van der Waals surface area contributed by atoms with E-state index in [1.165, 1.54) is 0 Å². The van der Waals surface area contributed by atoms with Gasteiger partial charge in [0.2, 0.25) is 5.89 Å². The summed E-state index contributed by atoms with van der Waals surface area (Å²) in [6, 6.07) is 7.94. The lowest BCUT2D eigenvalue weighted by Crippen LogP contribution is -2.04. The van der Waals surface area contributed by atoms with Gasteiger partial charge in [0.25, 0.3) is 0 Å². The number of hydrogen-bond donors (Lipinski definition) is 1. The first-order valence-corrected chi connectivity index (χ1v) is 5.35. The molecule has 0 saturated heterocycles. The number of aryl methyl sites for hydroxylation is 1. The lowest BCUT2D eigenvalue weighted by Gasteiger charge is -1.99. The van der Waals surface area contributed by atoms with E-state index in [9.17, 15) is 5.11 Å². The van der Waals surface area contributed by atoms with Crippen LogP contribution in [0.4, 0.5) is 0 Å². The van der Waals surface area contributed by atoms with Crippen LogP contribution >= 0.6 is 0 Å². The van der Waals surface area contributed by atoms with Crippen LogP contribution in [0.25, 0.3) is 11.5 Å². The average molecular weight is 217 g/mol. The van der Waals surface area contributed by atoms with Crippen LogP contribution in [0.2, 0.25) is 0 Å². The normalized spacial score (nSPS) is 12.7. The highest BCUT2D eigenvalue weighted by molar-refractivity contribution is 5.58. The summed E-state index contributed by atoms with van der Waals surface area (Å²) >= 11 is 0. The summed E-state index contributed by atoms with van der Waals surface area (Å²) in [5.74, 6) is 0.619. The topological polar surface area (TPSA) is 46.3 Å². The van der Waals surface area contributed by atoms with Crippen LogP contribution in [0.3, 0.4) is 0 Å². The third-order valence-electron chi connectivity index (χ3n) is 2.43. The molecule has 1 aromatic carbocycles. The summed E-state index contributed by atoms with van der Waals surface area (Å²) in [6.45, 7) is 3.76. The van der Waals surface area contributed by atoms with E-state index in [-0.39, 0.29) is 0 Å². The Kier molecular flexibility index (Phi) is 3.06. The average Bonchev–Trinajstić information content (AvgIpc) is 2.66. The molecule has 0 radical (unpaired) electrons. The largest absolute Gasteiger partial charge is 0.444 e. The second-order valence-electron chi connectivity index (χ2n) is 4.01. The lowest BCUT2D eigenvalue weighted by atomic mass is 10.1. The van der Waals surface area contributed by atoms with Gasteiger partial charge in [-0.05, 0) is 25.5 Å². The first kappa shape index (κ1) is 10.9. The lowest BCUT2D eigenvalue weighted by molar-refractivity contribution is 0.194. The highest BCUT2D eigenvalue weighted by Gasteiger charge is 2.09. The minimum absolute atomic E-state index is 0.394. The van der Waals surface area contributed by atoms with E-state index < -0.39 is 6.10 Å². The molecule has 0 aliphatic heterocycles. The molecule has 1 aromatic heterocycles. The number of aliphatic hydroxyl groups is 1. The number of nitrogens with zero attached hydrogens (tertiary/aromatic N) is 1. The minimum atomic E-state index is -0.394. The molecule has 0 spiro atoms. The van der Waals surface area contributed by atoms with Crippen molar-refractivity contribution in [3.05, 3.63) is 41.8 Å². The standard InChI is InChI=1S/C13H15NO2/c1-9-5-3-4-6-12(9)13-14-11(8-16-13)7-10(2)15/h3-6,8,10,15H,7H2,1-2H3. The van der Waals surface area contributed by atoms with Gasteiger partial charge in [0.15, 0.2) is 0 Å². The summed E-state index contributed by atoms with van der Waals surface area (Å²) < 4.78 is 5.41. The summed E-state index contributed by atoms with van der Waals surface area (Å²) in [4.78, 5) is 4.35. The molecular formula is C13H15NO2. The Morgan fingerprint density at radius 3 is 2.81 bits per heavy atom. The van der Waals surface area contributed by atoms with E-state index in [2.05, 4.69) is 4.98 Å². The molecule has 0 aliphatic rings. The fourth-order valence-electron chi connectivity index (χ4n) is 1.64. The van der Waals surface area contributed by atoms with Crippen molar-refractivity contribution in [3.8, 4) is 11.5 Å². The van der Waals surface area contributed by atoms with Crippen molar-refractivity contribution >= 4 is 0 Å². The van der Waals surface area contributed by atoms with E-state index in [1.807, 2.05) is 31.2 Å². The Balaban J connectivity index is 2.28. The van der Waals surface area contributed by atoms with Gasteiger partial charge in [-0.1, -0.05) is 18.2 Å². The molecule has 3 nitrogen and oxygen atoms in total. The Morgan fingerprint density at radius 2 is 2.12 bits per heavy atom. The Hall–Kier alpha value is -1.61. The zero-order chi connectivity index (χ0) is 11.5. The molecule has 1 atom stereocenters. The van der Waals surface area contributed by atoms with Crippen molar-refractivity contribution in [3.63, 3.8) is 0 Å². The van der Waals surface area contributed by atoms with Crippen molar-refractivity contribution in [1.29, 1.82) is 0 Å². The van der Waals surface area contributed by atoms with Crippen LogP contribution in [0.5, 0.6) is 0 Å². The summed E-state index contributed by atoms with van der Waals surface area (Å²) in [6.07, 6.45) is 1.74. The van der Waals surface area contributed by atoms with Gasteiger partial charge in [-0.2, -0.15) is 0 Å². The monoisotopic (exact) mass is 217 g/mol. The number of hydrogen-bond acceptors (Lipinski definition) is 3. The van der Waals surface area contributed by atoms with Crippen LogP contribution in [0, 0.1) is 6.92 Å². The van der Waals surface area contributed by atoms with E-state index in [0.29, 0.717) is 12.3 Å². The molecule has 2 rings (SSSR count). The quantitative estimate of drug-likeness (QED) is 0.859. The molecule has 3 heteroatoms. The molecule has 1 N–H and O–H groups in total. The number of aliphatic hydroxyl groups excluding tert-OH is 1. The minimum Gasteiger partial charge on any atom is -0.444 e. The van der Waals surface area contributed by atoms with Crippen molar-refractivity contribution in [2.24, 2.45) is 0 Å². The molecule has 0 amide bonds. The van der Waals surface area contributed by atoms with Gasteiger partial charge in [-0.25, -0.2) is 4.98 Å². The fraction of sp³-hybridized carbons (Fsp3) is 0.308. The Labute approximate surface area is 94.8 Å². The molecule has 2 aromatic rings. The molecule has 0 bridgehead atoms. The van der Waals surface area contributed by atoms with Crippen molar-refractivity contribution in [2.45, 2.75) is 26.4 Å². The smallest absolute Gasteiger partial charge is 0.226 e. The van der Waals surface area contributed by atoms with Gasteiger partial charge >= 0.3 is 0 Å². The second-order valence-corrected chi connectivity index (χ2v) is 4.01. The molecule has 0 fully saturated rings. The zero-order valence-corrected chi connectivity index (χ0v) is 9.47. The molecular weight excluding hydrogens is 202 g/mol. The van der Waals surface area contributed by atoms with Crippen molar-refractivity contribution < 1.29 is 9.52 Å². The maximum absolute atomic E-state index is 9.26. The maximum atomic E-state index is 9.26. The number of aromatic nitrogens is 1. The van der Waals surface area contributed by atoms with Gasteiger partial charge in [0, 0.05) is 12.0 Å². The molecule has 16 heavy (non-hydrogen) atoms. The van der Waals surface area contributed by atoms with Crippen LogP contribution in [0.15, 0.2) is 34.9 Å². The van der Waals surface area contributed by atoms with E-state index in [4.69, 9.17) is 4.42 Å². The summed E-state index contributed by atoms with van der Waals surface area (Å²) in [7, 11) is 0. The van der Waals surface area contributed by atoms with E-state index in [1.54, 1.807) is 13.2 Å². The SMILES string of the molecule is Cc1ccccc1-c1nc(CC(C)O)co1. The summed E-state index contributed by atoms with van der Waals surface area (Å²) in [5, 5.41) is 9.26. The number of benzene rings is 1. The molecule has 1 unspecified atom stereocenters. The van der Waals surface area contributed by atoms with Gasteiger partial charge in [0.05, 0.1) is 11.8 Å². The molecule has 0 aliphatic carbocycles. The van der Waals surface area contributed by atoms with Crippen molar-refractivity contribution in [2.75, 3.05) is 0 Å². The second kappa shape index (κ2) is 4.49. The Bertz CT molecular complexity index is 474. The van der Waals surface area contributed by atoms with Crippen molar-refractivity contribution in [1.82, 2.24) is 4.98 Å². The van der Waals surface area contributed by atoms with Crippen LogP contribution in [0.1, 0.15) is 18.2 Å². The van der Waals surface area contributed by atoms with E-state index in [0.717, 1.165) is 16.8 Å². The number of rotatable bonds is 3. The molecule has 0 saturated carbocycles. The molecule has 1 heterocycles. The fourth-order valence-corrected chi connectivity index (χ4v) is 1.64. The molecule has 84 valence electrons. The Morgan fingerprint density at radius 1 is 1.38 bits per heavy atom. The third kappa shape index (κ3) is 2.31. The van der Waals surface area contributed by atoms with Crippen LogP contribution < -0.4 is 0 Å². The predicted octanol–water partition coefficient (Wildman–Crippen LogP) is 2.57. The maximum Gasteiger partial charge on any atom is 0.226 e. The van der Waals surface area contributed by atoms with Gasteiger partial charge in [0.1, 0.15) is 6.26 Å². The van der Waals surface area contributed by atoms with E-state index >= 15 is 0 Å². The highest BCUT2D eigenvalue weighted by atomic mass is 16.3. The third-order valence-corrected chi connectivity index (χ3v) is 2.43.